The highest BCUT2D eigenvalue weighted by molar-refractivity contribution is 5.75. The first kappa shape index (κ1) is 16.3. The number of aldehydes is 1. The lowest BCUT2D eigenvalue weighted by Crippen LogP contribution is -2.46. The number of nitrogens with one attached hydrogen (secondary N) is 1. The average Bonchev–Trinajstić information content (AvgIpc) is 2.71. The Labute approximate surface area is 131 Å². The van der Waals surface area contributed by atoms with Gasteiger partial charge in [0.2, 0.25) is 0 Å². The summed E-state index contributed by atoms with van der Waals surface area (Å²) < 4.78 is 5.37. The topological polar surface area (TPSA) is 61.9 Å². The summed E-state index contributed by atoms with van der Waals surface area (Å²) in [6, 6.07) is 7.44. The molecule has 1 amide bonds. The van der Waals surface area contributed by atoms with Crippen molar-refractivity contribution in [3.8, 4) is 0 Å². The number of amides is 1. The molecule has 22 heavy (non-hydrogen) atoms. The quantitative estimate of drug-likeness (QED) is 0.848. The standard InChI is InChI=1S/C16H23N3O3/c1-16(2,3)22-15(21)19-11-10-18(9-8-17-19)14-6-4-13(12-20)5-7-14/h4-7,12,17H,8-11H2,1-3H3. The molecule has 120 valence electrons. The summed E-state index contributed by atoms with van der Waals surface area (Å²) in [5.41, 5.74) is 4.28. The van der Waals surface area contributed by atoms with E-state index in [0.717, 1.165) is 18.5 Å². The molecule has 0 atom stereocenters. The molecule has 1 aromatic carbocycles. The highest BCUT2D eigenvalue weighted by Gasteiger charge is 2.24. The number of carbonyl (C=O) groups is 2. The van der Waals surface area contributed by atoms with Crippen molar-refractivity contribution < 1.29 is 14.3 Å². The molecular formula is C16H23N3O3. The highest BCUT2D eigenvalue weighted by atomic mass is 16.6. The van der Waals surface area contributed by atoms with Crippen LogP contribution in [0, 0.1) is 0 Å². The lowest BCUT2D eigenvalue weighted by atomic mass is 10.2. The van der Waals surface area contributed by atoms with Crippen molar-refractivity contribution in [2.24, 2.45) is 0 Å². The van der Waals surface area contributed by atoms with E-state index in [1.165, 1.54) is 5.01 Å². The van der Waals surface area contributed by atoms with Crippen LogP contribution in [0.25, 0.3) is 0 Å². The maximum atomic E-state index is 12.1. The SMILES string of the molecule is CC(C)(C)OC(=O)N1CCN(c2ccc(C=O)cc2)CCN1. The zero-order valence-electron chi connectivity index (χ0n) is 13.3. The van der Waals surface area contributed by atoms with E-state index in [2.05, 4.69) is 10.3 Å². The Balaban J connectivity index is 1.97. The molecule has 1 aromatic rings. The predicted molar refractivity (Wildman–Crippen MR) is 85.0 cm³/mol. The number of rotatable bonds is 2. The van der Waals surface area contributed by atoms with Gasteiger partial charge in [-0.1, -0.05) is 0 Å². The molecule has 1 aliphatic heterocycles. The van der Waals surface area contributed by atoms with Gasteiger partial charge in [0, 0.05) is 30.9 Å². The lowest BCUT2D eigenvalue weighted by Gasteiger charge is -2.26. The summed E-state index contributed by atoms with van der Waals surface area (Å²) in [6.45, 7) is 8.21. The van der Waals surface area contributed by atoms with Crippen molar-refractivity contribution in [1.29, 1.82) is 0 Å². The summed E-state index contributed by atoms with van der Waals surface area (Å²) in [6.07, 6.45) is 0.475. The van der Waals surface area contributed by atoms with Crippen molar-refractivity contribution in [2.75, 3.05) is 31.1 Å². The van der Waals surface area contributed by atoms with Crippen LogP contribution in [0.1, 0.15) is 31.1 Å². The Hall–Kier alpha value is -2.08. The van der Waals surface area contributed by atoms with E-state index >= 15 is 0 Å². The molecule has 0 radical (unpaired) electrons. The smallest absolute Gasteiger partial charge is 0.424 e. The minimum absolute atomic E-state index is 0.356. The molecule has 0 bridgehead atoms. The van der Waals surface area contributed by atoms with Gasteiger partial charge in [0.15, 0.2) is 0 Å². The van der Waals surface area contributed by atoms with E-state index in [1.54, 1.807) is 12.1 Å². The van der Waals surface area contributed by atoms with Crippen molar-refractivity contribution in [3.63, 3.8) is 0 Å². The largest absolute Gasteiger partial charge is 0.443 e. The van der Waals surface area contributed by atoms with Crippen molar-refractivity contribution in [3.05, 3.63) is 29.8 Å². The minimum Gasteiger partial charge on any atom is -0.443 e. The van der Waals surface area contributed by atoms with E-state index in [9.17, 15) is 9.59 Å². The van der Waals surface area contributed by atoms with Crippen LogP contribution in [0.5, 0.6) is 0 Å². The highest BCUT2D eigenvalue weighted by Crippen LogP contribution is 2.16. The minimum atomic E-state index is -0.505. The van der Waals surface area contributed by atoms with Crippen LogP contribution in [-0.2, 0) is 4.74 Å². The molecule has 6 heteroatoms. The Morgan fingerprint density at radius 3 is 2.45 bits per heavy atom. The molecule has 0 aromatic heterocycles. The first-order valence-corrected chi connectivity index (χ1v) is 7.43. The van der Waals surface area contributed by atoms with Gasteiger partial charge in [-0.05, 0) is 45.0 Å². The van der Waals surface area contributed by atoms with Gasteiger partial charge in [-0.2, -0.15) is 0 Å². The van der Waals surface area contributed by atoms with Crippen LogP contribution in [-0.4, -0.2) is 49.2 Å². The van der Waals surface area contributed by atoms with Gasteiger partial charge in [-0.3, -0.25) is 4.79 Å². The van der Waals surface area contributed by atoms with Crippen LogP contribution >= 0.6 is 0 Å². The zero-order chi connectivity index (χ0) is 16.2. The van der Waals surface area contributed by atoms with Crippen LogP contribution in [0.4, 0.5) is 10.5 Å². The molecule has 0 unspecified atom stereocenters. The molecule has 0 aliphatic carbocycles. The van der Waals surface area contributed by atoms with Crippen molar-refractivity contribution in [1.82, 2.24) is 10.4 Å². The predicted octanol–water partition coefficient (Wildman–Crippen LogP) is 2.06. The number of hydrazine groups is 1. The maximum Gasteiger partial charge on any atom is 0.424 e. The maximum absolute atomic E-state index is 12.1. The Bertz CT molecular complexity index is 522. The fourth-order valence-electron chi connectivity index (χ4n) is 2.23. The molecule has 6 nitrogen and oxygen atoms in total. The van der Waals surface area contributed by atoms with Gasteiger partial charge in [0.1, 0.15) is 11.9 Å². The second kappa shape index (κ2) is 6.79. The normalized spacial score (nSPS) is 16.1. The molecule has 1 saturated heterocycles. The average molecular weight is 305 g/mol. The number of carbonyl (C=O) groups excluding carboxylic acids is 2. The van der Waals surface area contributed by atoms with Crippen LogP contribution in [0.3, 0.4) is 0 Å². The van der Waals surface area contributed by atoms with Crippen LogP contribution < -0.4 is 10.3 Å². The third kappa shape index (κ3) is 4.46. The van der Waals surface area contributed by atoms with Gasteiger partial charge >= 0.3 is 6.09 Å². The van der Waals surface area contributed by atoms with E-state index in [4.69, 9.17) is 4.74 Å². The van der Waals surface area contributed by atoms with Crippen LogP contribution in [0.15, 0.2) is 24.3 Å². The summed E-state index contributed by atoms with van der Waals surface area (Å²) in [4.78, 5) is 24.9. The monoisotopic (exact) mass is 305 g/mol. The second-order valence-electron chi connectivity index (χ2n) is 6.24. The fraction of sp³-hybridized carbons (Fsp3) is 0.500. The van der Waals surface area contributed by atoms with Crippen LogP contribution in [0.2, 0.25) is 0 Å². The van der Waals surface area contributed by atoms with Gasteiger partial charge < -0.3 is 9.64 Å². The number of benzene rings is 1. The molecule has 1 heterocycles. The number of anilines is 1. The van der Waals surface area contributed by atoms with Crippen molar-refractivity contribution in [2.45, 2.75) is 26.4 Å². The summed E-state index contributed by atoms with van der Waals surface area (Å²) in [7, 11) is 0. The summed E-state index contributed by atoms with van der Waals surface area (Å²) >= 11 is 0. The van der Waals surface area contributed by atoms with E-state index in [1.807, 2.05) is 32.9 Å². The molecule has 0 spiro atoms. The van der Waals surface area contributed by atoms with Gasteiger partial charge in [-0.25, -0.2) is 15.2 Å². The molecule has 1 fully saturated rings. The summed E-state index contributed by atoms with van der Waals surface area (Å²) in [5, 5.41) is 1.52. The Morgan fingerprint density at radius 2 is 1.86 bits per heavy atom. The van der Waals surface area contributed by atoms with E-state index in [-0.39, 0.29) is 6.09 Å². The number of hydrogen-bond donors (Lipinski definition) is 1. The fourth-order valence-corrected chi connectivity index (χ4v) is 2.23. The van der Waals surface area contributed by atoms with Gasteiger partial charge in [0.25, 0.3) is 0 Å². The molecule has 1 N–H and O–H groups in total. The third-order valence-electron chi connectivity index (χ3n) is 3.29. The number of ether oxygens (including phenoxy) is 1. The first-order chi connectivity index (χ1) is 10.4. The lowest BCUT2D eigenvalue weighted by molar-refractivity contribution is 0.0161. The zero-order valence-corrected chi connectivity index (χ0v) is 13.3. The second-order valence-corrected chi connectivity index (χ2v) is 6.24. The van der Waals surface area contributed by atoms with Crippen molar-refractivity contribution >= 4 is 18.1 Å². The molecule has 2 rings (SSSR count). The van der Waals surface area contributed by atoms with Gasteiger partial charge in [-0.15, -0.1) is 0 Å². The van der Waals surface area contributed by atoms with E-state index in [0.29, 0.717) is 25.2 Å². The molecule has 1 aliphatic rings. The molecule has 0 saturated carbocycles. The Kier molecular flexibility index (Phi) is 5.03. The third-order valence-corrected chi connectivity index (χ3v) is 3.29. The van der Waals surface area contributed by atoms with Gasteiger partial charge in [0.05, 0.1) is 6.54 Å². The molecular weight excluding hydrogens is 282 g/mol. The number of hydrogen-bond acceptors (Lipinski definition) is 5. The van der Waals surface area contributed by atoms with E-state index < -0.39 is 5.60 Å². The first-order valence-electron chi connectivity index (χ1n) is 7.43. The Morgan fingerprint density at radius 1 is 1.18 bits per heavy atom. The number of nitrogens with zero attached hydrogens (tertiary/aromatic N) is 2. The summed E-state index contributed by atoms with van der Waals surface area (Å²) in [5.74, 6) is 0.